The van der Waals surface area contributed by atoms with Crippen LogP contribution in [0.2, 0.25) is 5.02 Å². The molecule has 0 aliphatic heterocycles. The number of carbonyl (C=O) groups is 2. The Morgan fingerprint density at radius 2 is 1.74 bits per heavy atom. The molecule has 3 N–H and O–H groups in total. The second-order valence-electron chi connectivity index (χ2n) is 6.98. The zero-order valence-electron chi connectivity index (χ0n) is 17.5. The number of benzene rings is 2. The predicted octanol–water partition coefficient (Wildman–Crippen LogP) is 3.70. The maximum absolute atomic E-state index is 14.6. The number of amides is 2. The largest absolute Gasteiger partial charge is 0.453 e. The molecule has 0 atom stereocenters. The third-order valence-corrected chi connectivity index (χ3v) is 5.02. The Balaban J connectivity index is 1.55. The van der Waals surface area contributed by atoms with Crippen LogP contribution in [-0.2, 0) is 0 Å². The number of primary amides is 1. The Bertz CT molecular complexity index is 1510. The highest BCUT2D eigenvalue weighted by atomic mass is 35.5. The first-order chi connectivity index (χ1) is 16.7. The molecule has 2 amide bonds. The minimum atomic E-state index is -0.881. The number of hydrogen-bond acceptors (Lipinski definition) is 6. The Morgan fingerprint density at radius 1 is 1.00 bits per heavy atom. The highest BCUT2D eigenvalue weighted by molar-refractivity contribution is 6.34. The Hall–Kier alpha value is -4.64. The smallest absolute Gasteiger partial charge is 0.284 e. The van der Waals surface area contributed by atoms with Crippen molar-refractivity contribution in [2.75, 3.05) is 5.32 Å². The molecule has 0 saturated carbocycles. The molecule has 9 nitrogen and oxygen atoms in total. The summed E-state index contributed by atoms with van der Waals surface area (Å²) < 4.78 is 34.2. The molecule has 0 bridgehead atoms. The van der Waals surface area contributed by atoms with Crippen LogP contribution in [0.4, 0.5) is 14.5 Å². The first kappa shape index (κ1) is 23.5. The van der Waals surface area contributed by atoms with E-state index in [-0.39, 0.29) is 39.2 Å². The van der Waals surface area contributed by atoms with Crippen LogP contribution in [0.25, 0.3) is 5.69 Å². The van der Waals surface area contributed by atoms with Crippen LogP contribution in [0, 0.1) is 11.6 Å². The molecule has 35 heavy (non-hydrogen) atoms. The van der Waals surface area contributed by atoms with Crippen molar-refractivity contribution in [1.29, 1.82) is 0 Å². The molecule has 0 spiro atoms. The van der Waals surface area contributed by atoms with E-state index in [1.807, 2.05) is 0 Å². The quantitative estimate of drug-likeness (QED) is 0.418. The third-order valence-electron chi connectivity index (χ3n) is 4.66. The molecule has 176 valence electrons. The number of rotatable bonds is 6. The lowest BCUT2D eigenvalue weighted by molar-refractivity contribution is 0.0993. The molecule has 0 radical (unpaired) electrons. The van der Waals surface area contributed by atoms with Gasteiger partial charge in [0.25, 0.3) is 17.4 Å². The van der Waals surface area contributed by atoms with Gasteiger partial charge >= 0.3 is 0 Å². The predicted molar refractivity (Wildman–Crippen MR) is 122 cm³/mol. The third kappa shape index (κ3) is 4.99. The Kier molecular flexibility index (Phi) is 6.51. The van der Waals surface area contributed by atoms with Crippen molar-refractivity contribution in [3.05, 3.63) is 105 Å². The minimum Gasteiger partial charge on any atom is -0.453 e. The van der Waals surface area contributed by atoms with Gasteiger partial charge in [0.15, 0.2) is 11.6 Å². The zero-order chi connectivity index (χ0) is 25.1. The van der Waals surface area contributed by atoms with Crippen LogP contribution < -0.4 is 21.3 Å². The van der Waals surface area contributed by atoms with Gasteiger partial charge in [0, 0.05) is 30.2 Å². The van der Waals surface area contributed by atoms with Crippen molar-refractivity contribution in [1.82, 2.24) is 14.8 Å². The summed E-state index contributed by atoms with van der Waals surface area (Å²) >= 11 is 6.03. The molecule has 0 aliphatic carbocycles. The van der Waals surface area contributed by atoms with Crippen LogP contribution >= 0.6 is 11.6 Å². The average Bonchev–Trinajstić information content (AvgIpc) is 2.82. The van der Waals surface area contributed by atoms with E-state index in [1.165, 1.54) is 48.8 Å². The zero-order valence-corrected chi connectivity index (χ0v) is 18.3. The fourth-order valence-electron chi connectivity index (χ4n) is 3.01. The summed E-state index contributed by atoms with van der Waals surface area (Å²) in [6, 6.07) is 11.0. The van der Waals surface area contributed by atoms with Crippen molar-refractivity contribution in [3.63, 3.8) is 0 Å². The SMILES string of the molecule is NC(=O)c1nccc(Oc2ccc(NC(=O)c3ccnn(-c4ccc(F)cc4)c3=O)cc2F)c1Cl. The Labute approximate surface area is 200 Å². The summed E-state index contributed by atoms with van der Waals surface area (Å²) in [5.74, 6) is -3.36. The number of halogens is 3. The second-order valence-corrected chi connectivity index (χ2v) is 7.35. The first-order valence-electron chi connectivity index (χ1n) is 9.82. The monoisotopic (exact) mass is 497 g/mol. The molecule has 2 aromatic heterocycles. The standard InChI is InChI=1S/C23H14ClF2N5O4/c24-19-18(8-9-28-20(19)21(27)32)35-17-6-3-13(11-16(17)26)30-22(33)15-7-10-29-31(23(15)34)14-4-1-12(25)2-5-14/h1-11H,(H2,27,32)(H,30,33). The van der Waals surface area contributed by atoms with Crippen LogP contribution in [0.15, 0.2) is 71.8 Å². The summed E-state index contributed by atoms with van der Waals surface area (Å²) in [7, 11) is 0. The van der Waals surface area contributed by atoms with Crippen molar-refractivity contribution >= 4 is 29.1 Å². The van der Waals surface area contributed by atoms with Gasteiger partial charge in [-0.2, -0.15) is 9.78 Å². The summed E-state index contributed by atoms with van der Waals surface area (Å²) in [4.78, 5) is 40.5. The van der Waals surface area contributed by atoms with E-state index in [0.29, 0.717) is 0 Å². The fourth-order valence-corrected chi connectivity index (χ4v) is 3.25. The molecule has 2 heterocycles. The summed E-state index contributed by atoms with van der Waals surface area (Å²) in [5.41, 5.74) is 4.20. The molecule has 4 aromatic rings. The number of nitrogens with two attached hydrogens (primary N) is 1. The van der Waals surface area contributed by atoms with Crippen LogP contribution in [0.5, 0.6) is 11.5 Å². The highest BCUT2D eigenvalue weighted by Gasteiger charge is 2.17. The number of hydrogen-bond donors (Lipinski definition) is 2. The summed E-state index contributed by atoms with van der Waals surface area (Å²) in [5, 5.41) is 6.13. The van der Waals surface area contributed by atoms with Crippen molar-refractivity contribution in [3.8, 4) is 17.2 Å². The normalized spacial score (nSPS) is 10.6. The molecule has 12 heteroatoms. The van der Waals surface area contributed by atoms with Gasteiger partial charge in [0.05, 0.1) is 5.69 Å². The van der Waals surface area contributed by atoms with Gasteiger partial charge < -0.3 is 15.8 Å². The van der Waals surface area contributed by atoms with E-state index in [4.69, 9.17) is 22.1 Å². The average molecular weight is 498 g/mol. The molecule has 0 unspecified atom stereocenters. The minimum absolute atomic E-state index is 0.0306. The number of ether oxygens (including phenoxy) is 1. The van der Waals surface area contributed by atoms with Crippen LogP contribution in [0.3, 0.4) is 0 Å². The van der Waals surface area contributed by atoms with E-state index >= 15 is 0 Å². The van der Waals surface area contributed by atoms with Gasteiger partial charge in [0.1, 0.15) is 27.8 Å². The van der Waals surface area contributed by atoms with Crippen molar-refractivity contribution in [2.45, 2.75) is 0 Å². The van der Waals surface area contributed by atoms with Gasteiger partial charge in [-0.15, -0.1) is 0 Å². The lowest BCUT2D eigenvalue weighted by atomic mass is 10.2. The molecule has 0 saturated heterocycles. The summed E-state index contributed by atoms with van der Waals surface area (Å²) in [6.45, 7) is 0. The number of pyridine rings is 1. The fraction of sp³-hybridized carbons (Fsp3) is 0. The second kappa shape index (κ2) is 9.69. The van der Waals surface area contributed by atoms with Crippen molar-refractivity contribution < 1.29 is 23.1 Å². The van der Waals surface area contributed by atoms with E-state index < -0.39 is 29.0 Å². The van der Waals surface area contributed by atoms with Gasteiger partial charge in [0.2, 0.25) is 0 Å². The van der Waals surface area contributed by atoms with Gasteiger partial charge in [-0.25, -0.2) is 13.8 Å². The number of aromatic nitrogens is 3. The Morgan fingerprint density at radius 3 is 2.43 bits per heavy atom. The van der Waals surface area contributed by atoms with Crippen LogP contribution in [-0.4, -0.2) is 26.6 Å². The first-order valence-corrected chi connectivity index (χ1v) is 10.2. The highest BCUT2D eigenvalue weighted by Crippen LogP contribution is 2.33. The number of nitrogens with one attached hydrogen (secondary N) is 1. The lowest BCUT2D eigenvalue weighted by Gasteiger charge is -2.11. The lowest BCUT2D eigenvalue weighted by Crippen LogP contribution is -2.29. The number of anilines is 1. The molecule has 0 aliphatic rings. The molecule has 0 fully saturated rings. The van der Waals surface area contributed by atoms with E-state index in [9.17, 15) is 23.2 Å². The number of carbonyl (C=O) groups excluding carboxylic acids is 2. The van der Waals surface area contributed by atoms with Gasteiger partial charge in [-0.1, -0.05) is 11.6 Å². The van der Waals surface area contributed by atoms with Crippen LogP contribution in [0.1, 0.15) is 20.8 Å². The summed E-state index contributed by atoms with van der Waals surface area (Å²) in [6.07, 6.45) is 2.46. The molecular formula is C23H14ClF2N5O4. The molecule has 2 aromatic carbocycles. The maximum Gasteiger partial charge on any atom is 0.284 e. The van der Waals surface area contributed by atoms with E-state index in [0.717, 1.165) is 22.9 Å². The van der Waals surface area contributed by atoms with E-state index in [2.05, 4.69) is 15.4 Å². The molecule has 4 rings (SSSR count). The topological polar surface area (TPSA) is 129 Å². The van der Waals surface area contributed by atoms with E-state index in [1.54, 1.807) is 0 Å². The van der Waals surface area contributed by atoms with Gasteiger partial charge in [-0.05, 0) is 42.5 Å². The van der Waals surface area contributed by atoms with Crippen molar-refractivity contribution in [2.24, 2.45) is 5.73 Å². The number of nitrogens with zero attached hydrogens (tertiary/aromatic N) is 3. The maximum atomic E-state index is 14.6. The molecular weight excluding hydrogens is 484 g/mol. The van der Waals surface area contributed by atoms with Gasteiger partial charge in [-0.3, -0.25) is 14.4 Å².